The van der Waals surface area contributed by atoms with Crippen molar-refractivity contribution in [3.63, 3.8) is 0 Å². The Morgan fingerprint density at radius 2 is 1.68 bits per heavy atom. The van der Waals surface area contributed by atoms with Crippen LogP contribution in [0.1, 0.15) is 69.3 Å². The molecule has 0 aromatic heterocycles. The van der Waals surface area contributed by atoms with Gasteiger partial charge in [0.25, 0.3) is 11.8 Å². The zero-order valence-electron chi connectivity index (χ0n) is 24.6. The molecule has 0 spiro atoms. The van der Waals surface area contributed by atoms with E-state index in [-0.39, 0.29) is 41.4 Å². The number of nitrogens with one attached hydrogen (secondary N) is 1. The van der Waals surface area contributed by atoms with Gasteiger partial charge >= 0.3 is 0 Å². The van der Waals surface area contributed by atoms with Gasteiger partial charge in [0, 0.05) is 35.2 Å². The normalized spacial score (nSPS) is 20.2. The average molecular weight is 583 g/mol. The first kappa shape index (κ1) is 30.8. The van der Waals surface area contributed by atoms with Gasteiger partial charge in [-0.15, -0.1) is 0 Å². The van der Waals surface area contributed by atoms with Gasteiger partial charge in [-0.25, -0.2) is 4.39 Å². The maximum atomic E-state index is 13.4. The minimum atomic E-state index is -0.603. The van der Waals surface area contributed by atoms with Gasteiger partial charge in [0.1, 0.15) is 11.6 Å². The highest BCUT2D eigenvalue weighted by Gasteiger charge is 2.43. The monoisotopic (exact) mass is 582 g/mol. The van der Waals surface area contributed by atoms with Crippen LogP contribution in [0.3, 0.4) is 0 Å². The SMILES string of the molecule is CN1C(C)(C)CC(NC(=O)c2cc(Cl)ccc2OCC(=O)N2CCC(C#N)(Cc3ccc(F)cc3)CC2)CC1(C)C. The number of hydrogen-bond acceptors (Lipinski definition) is 5. The predicted molar refractivity (Wildman–Crippen MR) is 157 cm³/mol. The highest BCUT2D eigenvalue weighted by molar-refractivity contribution is 6.31. The molecule has 2 aromatic carbocycles. The molecule has 0 bridgehead atoms. The van der Waals surface area contributed by atoms with E-state index in [1.165, 1.54) is 12.1 Å². The summed E-state index contributed by atoms with van der Waals surface area (Å²) in [5.74, 6) is -0.505. The van der Waals surface area contributed by atoms with Crippen molar-refractivity contribution in [3.05, 3.63) is 64.4 Å². The molecular weight excluding hydrogens is 543 g/mol. The Morgan fingerprint density at radius 1 is 1.07 bits per heavy atom. The highest BCUT2D eigenvalue weighted by Crippen LogP contribution is 2.37. The second-order valence-electron chi connectivity index (χ2n) is 12.8. The Bertz CT molecular complexity index is 1300. The quantitative estimate of drug-likeness (QED) is 0.458. The van der Waals surface area contributed by atoms with Gasteiger partial charge in [-0.1, -0.05) is 23.7 Å². The standard InChI is InChI=1S/C32H40ClFN4O3/c1-30(2)18-25(19-31(3,4)37(30)5)36-29(40)26-16-23(33)8-11-27(26)41-20-28(39)38-14-12-32(21-35,13-15-38)17-22-6-9-24(34)10-7-22/h6-11,16,25H,12-15,17-20H2,1-5H3,(H,36,40). The molecule has 0 radical (unpaired) electrons. The lowest BCUT2D eigenvalue weighted by molar-refractivity contribution is -0.135. The van der Waals surface area contributed by atoms with Crippen LogP contribution in [0, 0.1) is 22.6 Å². The lowest BCUT2D eigenvalue weighted by Crippen LogP contribution is -2.62. The van der Waals surface area contributed by atoms with Crippen LogP contribution in [-0.2, 0) is 11.2 Å². The van der Waals surface area contributed by atoms with Crippen molar-refractivity contribution < 1.29 is 18.7 Å². The summed E-state index contributed by atoms with van der Waals surface area (Å²) in [6, 6.07) is 13.4. The third-order valence-corrected chi connectivity index (χ3v) is 9.18. The van der Waals surface area contributed by atoms with Gasteiger partial charge in [-0.05, 0) is 103 Å². The molecule has 2 heterocycles. The van der Waals surface area contributed by atoms with E-state index >= 15 is 0 Å². The topological polar surface area (TPSA) is 85.7 Å². The molecule has 0 saturated carbocycles. The number of likely N-dealkylation sites (tertiary alicyclic amines) is 2. The number of nitrogens with zero attached hydrogens (tertiary/aromatic N) is 3. The van der Waals surface area contributed by atoms with Gasteiger partial charge in [-0.2, -0.15) is 5.26 Å². The molecular formula is C32H40ClFN4O3. The number of carbonyl (C=O) groups is 2. The lowest BCUT2D eigenvalue weighted by atomic mass is 9.75. The summed E-state index contributed by atoms with van der Waals surface area (Å²) in [4.78, 5) is 30.5. The van der Waals surface area contributed by atoms with Gasteiger partial charge in [0.05, 0.1) is 17.0 Å². The van der Waals surface area contributed by atoms with E-state index < -0.39 is 5.41 Å². The van der Waals surface area contributed by atoms with Crippen molar-refractivity contribution in [2.24, 2.45) is 5.41 Å². The summed E-state index contributed by atoms with van der Waals surface area (Å²) in [6.07, 6.45) is 3.15. The minimum absolute atomic E-state index is 0.0270. The van der Waals surface area contributed by atoms with Crippen molar-refractivity contribution in [1.82, 2.24) is 15.1 Å². The molecule has 7 nitrogen and oxygen atoms in total. The van der Waals surface area contributed by atoms with E-state index in [2.05, 4.69) is 51.0 Å². The number of rotatable bonds is 7. The first-order valence-electron chi connectivity index (χ1n) is 14.1. The second kappa shape index (κ2) is 12.0. The van der Waals surface area contributed by atoms with E-state index in [1.54, 1.807) is 35.2 Å². The van der Waals surface area contributed by atoms with E-state index in [0.717, 1.165) is 18.4 Å². The van der Waals surface area contributed by atoms with Crippen LogP contribution >= 0.6 is 11.6 Å². The number of halogens is 2. The Kier molecular flexibility index (Phi) is 9.01. The largest absolute Gasteiger partial charge is 0.483 e. The summed E-state index contributed by atoms with van der Waals surface area (Å²) in [7, 11) is 2.12. The Balaban J connectivity index is 1.36. The molecule has 0 atom stereocenters. The van der Waals surface area contributed by atoms with Gasteiger partial charge in [0.2, 0.25) is 0 Å². The number of carbonyl (C=O) groups excluding carboxylic acids is 2. The number of benzene rings is 2. The van der Waals surface area contributed by atoms with Crippen LogP contribution in [0.2, 0.25) is 5.02 Å². The van der Waals surface area contributed by atoms with Crippen molar-refractivity contribution >= 4 is 23.4 Å². The predicted octanol–water partition coefficient (Wildman–Crippen LogP) is 5.61. The second-order valence-corrected chi connectivity index (χ2v) is 13.2. The Labute approximate surface area is 247 Å². The van der Waals surface area contributed by atoms with E-state index in [1.807, 2.05) is 0 Å². The summed E-state index contributed by atoms with van der Waals surface area (Å²) >= 11 is 6.24. The molecule has 2 aromatic rings. The number of ether oxygens (including phenoxy) is 1. The van der Waals surface area contributed by atoms with Gasteiger partial charge in [0.15, 0.2) is 6.61 Å². The molecule has 2 saturated heterocycles. The van der Waals surface area contributed by atoms with Crippen LogP contribution in [0.25, 0.3) is 0 Å². The fourth-order valence-corrected chi connectivity index (χ4v) is 6.45. The van der Waals surface area contributed by atoms with Crippen LogP contribution in [0.15, 0.2) is 42.5 Å². The van der Waals surface area contributed by atoms with Crippen LogP contribution in [-0.4, -0.2) is 65.5 Å². The fraction of sp³-hybridized carbons (Fsp3) is 0.531. The third-order valence-electron chi connectivity index (χ3n) is 8.95. The zero-order chi connectivity index (χ0) is 30.0. The van der Waals surface area contributed by atoms with Crippen molar-refractivity contribution in [2.75, 3.05) is 26.7 Å². The Morgan fingerprint density at radius 3 is 2.27 bits per heavy atom. The highest BCUT2D eigenvalue weighted by atomic mass is 35.5. The molecule has 9 heteroatoms. The molecule has 220 valence electrons. The molecule has 0 aliphatic carbocycles. The minimum Gasteiger partial charge on any atom is -0.483 e. The van der Waals surface area contributed by atoms with Crippen molar-refractivity contribution in [3.8, 4) is 11.8 Å². The lowest BCUT2D eigenvalue weighted by Gasteiger charge is -2.53. The summed E-state index contributed by atoms with van der Waals surface area (Å²) < 4.78 is 19.2. The molecule has 2 aliphatic rings. The maximum absolute atomic E-state index is 13.4. The Hall–Kier alpha value is -3.15. The number of nitriles is 1. The fourth-order valence-electron chi connectivity index (χ4n) is 6.28. The summed E-state index contributed by atoms with van der Waals surface area (Å²) in [5.41, 5.74) is 0.416. The molecule has 2 amide bonds. The zero-order valence-corrected chi connectivity index (χ0v) is 25.4. The maximum Gasteiger partial charge on any atom is 0.260 e. The molecule has 1 N–H and O–H groups in total. The number of piperidine rings is 2. The van der Waals surface area contributed by atoms with Crippen LogP contribution in [0.4, 0.5) is 4.39 Å². The van der Waals surface area contributed by atoms with E-state index in [0.29, 0.717) is 48.7 Å². The van der Waals surface area contributed by atoms with E-state index in [9.17, 15) is 19.2 Å². The first-order valence-corrected chi connectivity index (χ1v) is 14.5. The van der Waals surface area contributed by atoms with Gasteiger partial charge < -0.3 is 15.0 Å². The van der Waals surface area contributed by atoms with Crippen molar-refractivity contribution in [1.29, 1.82) is 5.26 Å². The molecule has 2 fully saturated rings. The average Bonchev–Trinajstić information content (AvgIpc) is 2.92. The number of hydrogen-bond donors (Lipinski definition) is 1. The number of amides is 2. The van der Waals surface area contributed by atoms with Crippen molar-refractivity contribution in [2.45, 2.75) is 76.9 Å². The molecule has 2 aliphatic heterocycles. The summed E-state index contributed by atoms with van der Waals surface area (Å²) in [5, 5.41) is 13.5. The molecule has 4 rings (SSSR count). The van der Waals surface area contributed by atoms with Gasteiger partial charge in [-0.3, -0.25) is 14.5 Å². The smallest absolute Gasteiger partial charge is 0.260 e. The molecule has 0 unspecified atom stereocenters. The summed E-state index contributed by atoms with van der Waals surface area (Å²) in [6.45, 7) is 9.33. The van der Waals surface area contributed by atoms with Crippen LogP contribution < -0.4 is 10.1 Å². The third kappa shape index (κ3) is 7.20. The van der Waals surface area contributed by atoms with Crippen LogP contribution in [0.5, 0.6) is 5.75 Å². The first-order chi connectivity index (χ1) is 19.2. The molecule has 41 heavy (non-hydrogen) atoms. The van der Waals surface area contributed by atoms with E-state index in [4.69, 9.17) is 16.3 Å².